The van der Waals surface area contributed by atoms with Crippen LogP contribution in [-0.4, -0.2) is 36.9 Å². The Hall–Kier alpha value is -3.15. The van der Waals surface area contributed by atoms with Crippen LogP contribution < -0.4 is 9.47 Å². The highest BCUT2D eigenvalue weighted by Gasteiger charge is 2.20. The molecule has 0 bridgehead atoms. The molecule has 1 N–H and O–H groups in total. The summed E-state index contributed by atoms with van der Waals surface area (Å²) in [6.45, 7) is 0. The Bertz CT molecular complexity index is 761. The van der Waals surface area contributed by atoms with Crippen molar-refractivity contribution in [1.82, 2.24) is 0 Å². The number of hydrogen-bond donors (Lipinski definition) is 1. The number of Topliss-reactive ketones (excluding diaryl/α,β-unsaturated/α-hetero) is 2. The average Bonchev–Trinajstić information content (AvgIpc) is 2.59. The van der Waals surface area contributed by atoms with Crippen molar-refractivity contribution in [2.75, 3.05) is 14.2 Å². The molecule has 2 aromatic rings. The van der Waals surface area contributed by atoms with Gasteiger partial charge >= 0.3 is 5.97 Å². The Morgan fingerprint density at radius 2 is 1.22 bits per heavy atom. The zero-order chi connectivity index (χ0) is 17.0. The van der Waals surface area contributed by atoms with Crippen LogP contribution in [0.1, 0.15) is 31.1 Å². The Kier molecular flexibility index (Phi) is 4.75. The SMILES string of the molecule is COc1ccc(C(=O)C(=O)c2ccc(C(=O)O)cc2)cc1OC. The molecule has 118 valence electrons. The van der Waals surface area contributed by atoms with Crippen LogP contribution in [0.5, 0.6) is 11.5 Å². The van der Waals surface area contributed by atoms with Crippen molar-refractivity contribution in [2.24, 2.45) is 0 Å². The summed E-state index contributed by atoms with van der Waals surface area (Å²) in [7, 11) is 2.90. The lowest BCUT2D eigenvalue weighted by molar-refractivity contribution is 0.0696. The summed E-state index contributed by atoms with van der Waals surface area (Å²) in [5, 5.41) is 8.83. The maximum atomic E-state index is 12.3. The number of benzene rings is 2. The first-order valence-corrected chi connectivity index (χ1v) is 6.62. The van der Waals surface area contributed by atoms with Crippen LogP contribution in [-0.2, 0) is 0 Å². The van der Waals surface area contributed by atoms with Crippen LogP contribution in [0, 0.1) is 0 Å². The fourth-order valence-corrected chi connectivity index (χ4v) is 2.00. The number of aromatic carboxylic acids is 1. The molecule has 6 heteroatoms. The van der Waals surface area contributed by atoms with Crippen LogP contribution in [0.3, 0.4) is 0 Å². The van der Waals surface area contributed by atoms with Crippen LogP contribution >= 0.6 is 0 Å². The van der Waals surface area contributed by atoms with E-state index in [1.807, 2.05) is 0 Å². The van der Waals surface area contributed by atoms with Gasteiger partial charge in [0.1, 0.15) is 0 Å². The highest BCUT2D eigenvalue weighted by atomic mass is 16.5. The molecule has 0 fully saturated rings. The Labute approximate surface area is 132 Å². The number of carboxylic acids is 1. The Balaban J connectivity index is 2.29. The number of ether oxygens (including phenoxy) is 2. The molecule has 0 atom stereocenters. The van der Waals surface area contributed by atoms with Crippen molar-refractivity contribution in [3.63, 3.8) is 0 Å². The van der Waals surface area contributed by atoms with Gasteiger partial charge in [0.05, 0.1) is 19.8 Å². The quantitative estimate of drug-likeness (QED) is 0.650. The van der Waals surface area contributed by atoms with Crippen LogP contribution in [0.2, 0.25) is 0 Å². The maximum absolute atomic E-state index is 12.3. The molecule has 0 radical (unpaired) electrons. The van der Waals surface area contributed by atoms with Gasteiger partial charge in [-0.05, 0) is 30.3 Å². The molecule has 0 aromatic heterocycles. The number of carboxylic acid groups (broad SMARTS) is 1. The minimum absolute atomic E-state index is 0.0418. The summed E-state index contributed by atoms with van der Waals surface area (Å²) in [6, 6.07) is 9.59. The van der Waals surface area contributed by atoms with E-state index in [-0.39, 0.29) is 16.7 Å². The summed E-state index contributed by atoms with van der Waals surface area (Å²) >= 11 is 0. The van der Waals surface area contributed by atoms with Crippen LogP contribution in [0.25, 0.3) is 0 Å². The maximum Gasteiger partial charge on any atom is 0.335 e. The van der Waals surface area contributed by atoms with Gasteiger partial charge < -0.3 is 14.6 Å². The van der Waals surface area contributed by atoms with Crippen LogP contribution in [0.15, 0.2) is 42.5 Å². The molecule has 0 unspecified atom stereocenters. The lowest BCUT2D eigenvalue weighted by atomic mass is 10.00. The molecule has 0 saturated carbocycles. The van der Waals surface area contributed by atoms with Gasteiger partial charge in [-0.1, -0.05) is 12.1 Å². The first kappa shape index (κ1) is 16.2. The van der Waals surface area contributed by atoms with Gasteiger partial charge in [0.25, 0.3) is 0 Å². The van der Waals surface area contributed by atoms with Crippen molar-refractivity contribution < 1.29 is 29.0 Å². The second kappa shape index (κ2) is 6.74. The molecule has 0 aliphatic heterocycles. The average molecular weight is 314 g/mol. The predicted octanol–water partition coefficient (Wildman–Crippen LogP) is 2.47. The van der Waals surface area contributed by atoms with E-state index < -0.39 is 17.5 Å². The molecular formula is C17H14O6. The van der Waals surface area contributed by atoms with Crippen molar-refractivity contribution in [1.29, 1.82) is 0 Å². The fourth-order valence-electron chi connectivity index (χ4n) is 2.00. The Morgan fingerprint density at radius 3 is 1.74 bits per heavy atom. The minimum atomic E-state index is -1.10. The second-order valence-electron chi connectivity index (χ2n) is 4.61. The number of rotatable bonds is 6. The van der Waals surface area contributed by atoms with Gasteiger partial charge in [0, 0.05) is 11.1 Å². The highest BCUT2D eigenvalue weighted by molar-refractivity contribution is 6.49. The van der Waals surface area contributed by atoms with E-state index >= 15 is 0 Å². The zero-order valence-electron chi connectivity index (χ0n) is 12.5. The van der Waals surface area contributed by atoms with E-state index in [1.165, 1.54) is 56.7 Å². The molecule has 6 nitrogen and oxygen atoms in total. The highest BCUT2D eigenvalue weighted by Crippen LogP contribution is 2.28. The molecule has 0 aliphatic rings. The Morgan fingerprint density at radius 1 is 0.739 bits per heavy atom. The summed E-state index contributed by atoms with van der Waals surface area (Å²) in [4.78, 5) is 35.3. The predicted molar refractivity (Wildman–Crippen MR) is 81.6 cm³/mol. The van der Waals surface area contributed by atoms with Crippen LogP contribution in [0.4, 0.5) is 0 Å². The lowest BCUT2D eigenvalue weighted by Crippen LogP contribution is -2.15. The van der Waals surface area contributed by atoms with Gasteiger partial charge in [0.2, 0.25) is 11.6 Å². The van der Waals surface area contributed by atoms with E-state index in [4.69, 9.17) is 14.6 Å². The minimum Gasteiger partial charge on any atom is -0.493 e. The second-order valence-corrected chi connectivity index (χ2v) is 4.61. The van der Waals surface area contributed by atoms with E-state index in [0.717, 1.165) is 0 Å². The van der Waals surface area contributed by atoms with Gasteiger partial charge in [-0.3, -0.25) is 9.59 Å². The van der Waals surface area contributed by atoms with Gasteiger partial charge in [0.15, 0.2) is 11.5 Å². The molecule has 2 rings (SSSR count). The van der Waals surface area contributed by atoms with Gasteiger partial charge in [-0.15, -0.1) is 0 Å². The zero-order valence-corrected chi connectivity index (χ0v) is 12.5. The summed E-state index contributed by atoms with van der Waals surface area (Å²) < 4.78 is 10.2. The largest absolute Gasteiger partial charge is 0.493 e. The van der Waals surface area contributed by atoms with Crippen molar-refractivity contribution in [2.45, 2.75) is 0 Å². The molecule has 0 saturated heterocycles. The normalized spacial score (nSPS) is 10.0. The fraction of sp³-hybridized carbons (Fsp3) is 0.118. The molecule has 0 amide bonds. The third-order valence-electron chi connectivity index (χ3n) is 3.25. The van der Waals surface area contributed by atoms with E-state index in [9.17, 15) is 14.4 Å². The molecule has 23 heavy (non-hydrogen) atoms. The molecule has 0 aliphatic carbocycles. The van der Waals surface area contributed by atoms with E-state index in [2.05, 4.69) is 0 Å². The summed E-state index contributed by atoms with van der Waals surface area (Å²) in [5.41, 5.74) is 0.324. The summed E-state index contributed by atoms with van der Waals surface area (Å²) in [6.07, 6.45) is 0. The third kappa shape index (κ3) is 3.37. The van der Waals surface area contributed by atoms with Crippen molar-refractivity contribution >= 4 is 17.5 Å². The number of hydrogen-bond acceptors (Lipinski definition) is 5. The molecule has 0 spiro atoms. The van der Waals surface area contributed by atoms with Crippen molar-refractivity contribution in [3.8, 4) is 11.5 Å². The van der Waals surface area contributed by atoms with E-state index in [1.54, 1.807) is 0 Å². The number of ketones is 2. The number of carbonyl (C=O) groups is 3. The molecule has 0 heterocycles. The smallest absolute Gasteiger partial charge is 0.335 e. The summed E-state index contributed by atoms with van der Waals surface area (Å²) in [5.74, 6) is -1.76. The van der Waals surface area contributed by atoms with Gasteiger partial charge in [-0.2, -0.15) is 0 Å². The first-order valence-electron chi connectivity index (χ1n) is 6.62. The molecular weight excluding hydrogens is 300 g/mol. The lowest BCUT2D eigenvalue weighted by Gasteiger charge is -2.08. The molecule has 2 aromatic carbocycles. The van der Waals surface area contributed by atoms with Crippen molar-refractivity contribution in [3.05, 3.63) is 59.2 Å². The first-order chi connectivity index (χ1) is 11.0. The topological polar surface area (TPSA) is 89.9 Å². The number of carbonyl (C=O) groups excluding carboxylic acids is 2. The standard InChI is InChI=1S/C17H14O6/c1-22-13-8-7-12(9-14(13)23-2)16(19)15(18)10-3-5-11(6-4-10)17(20)21/h3-9H,1-2H3,(H,20,21). The van der Waals surface area contributed by atoms with Gasteiger partial charge in [-0.25, -0.2) is 4.79 Å². The monoisotopic (exact) mass is 314 g/mol. The van der Waals surface area contributed by atoms with E-state index in [0.29, 0.717) is 11.5 Å². The number of methoxy groups -OCH3 is 2. The third-order valence-corrected chi connectivity index (χ3v) is 3.25.